The molecule has 0 saturated heterocycles. The molecule has 0 aromatic rings. The van der Waals surface area contributed by atoms with Crippen LogP contribution < -0.4 is 0 Å². The Balaban J connectivity index is 3.74. The molecule has 0 aliphatic rings. The van der Waals surface area contributed by atoms with Crippen LogP contribution in [0.15, 0.2) is 0 Å². The number of esters is 1. The van der Waals surface area contributed by atoms with Crippen molar-refractivity contribution in [1.82, 2.24) is 0 Å². The third-order valence-corrected chi connectivity index (χ3v) is 0.778. The molecule has 54 valence electrons. The van der Waals surface area contributed by atoms with Crippen molar-refractivity contribution in [3.8, 4) is 6.07 Å². The van der Waals surface area contributed by atoms with Gasteiger partial charge in [0.1, 0.15) is 5.71 Å². The first kappa shape index (κ1) is 8.63. The molecule has 4 nitrogen and oxygen atoms in total. The fourth-order valence-corrected chi connectivity index (χ4v) is 0.369. The van der Waals surface area contributed by atoms with Gasteiger partial charge in [-0.05, 0) is 6.92 Å². The zero-order valence-corrected chi connectivity index (χ0v) is 5.68. The SMILES string of the molecule is CCOC(=O)C(=N)CC#N. The van der Waals surface area contributed by atoms with Crippen molar-refractivity contribution < 1.29 is 9.53 Å². The van der Waals surface area contributed by atoms with Crippen LogP contribution in [0.3, 0.4) is 0 Å². The van der Waals surface area contributed by atoms with E-state index in [1.165, 1.54) is 0 Å². The van der Waals surface area contributed by atoms with E-state index in [0.717, 1.165) is 0 Å². The highest BCUT2D eigenvalue weighted by molar-refractivity contribution is 6.35. The van der Waals surface area contributed by atoms with E-state index in [1.54, 1.807) is 13.0 Å². The lowest BCUT2D eigenvalue weighted by Gasteiger charge is -1.97. The summed E-state index contributed by atoms with van der Waals surface area (Å²) in [5.74, 6) is -0.705. The molecule has 0 fully saturated rings. The average molecular weight is 140 g/mol. The van der Waals surface area contributed by atoms with Gasteiger partial charge in [-0.3, -0.25) is 5.41 Å². The summed E-state index contributed by atoms with van der Waals surface area (Å²) in [5, 5.41) is 15.0. The van der Waals surface area contributed by atoms with Gasteiger partial charge in [0.2, 0.25) is 0 Å². The van der Waals surface area contributed by atoms with Gasteiger partial charge in [0, 0.05) is 0 Å². The Morgan fingerprint density at radius 3 is 2.80 bits per heavy atom. The number of hydrogen-bond acceptors (Lipinski definition) is 4. The first-order valence-corrected chi connectivity index (χ1v) is 2.83. The molecule has 4 heteroatoms. The maximum atomic E-state index is 10.5. The van der Waals surface area contributed by atoms with E-state index in [9.17, 15) is 4.79 Å². The maximum absolute atomic E-state index is 10.5. The molecule has 0 rings (SSSR count). The first-order valence-electron chi connectivity index (χ1n) is 2.83. The molecule has 0 aliphatic carbocycles. The van der Waals surface area contributed by atoms with Gasteiger partial charge in [0.05, 0.1) is 19.1 Å². The second-order valence-corrected chi connectivity index (χ2v) is 1.53. The molecule has 0 radical (unpaired) electrons. The topological polar surface area (TPSA) is 73.9 Å². The second-order valence-electron chi connectivity index (χ2n) is 1.53. The largest absolute Gasteiger partial charge is 0.461 e. The predicted molar refractivity (Wildman–Crippen MR) is 34.6 cm³/mol. The summed E-state index contributed by atoms with van der Waals surface area (Å²) in [6.07, 6.45) is -0.182. The second kappa shape index (κ2) is 4.50. The number of nitrogens with zero attached hydrogens (tertiary/aromatic N) is 1. The van der Waals surface area contributed by atoms with E-state index < -0.39 is 5.97 Å². The number of carbonyl (C=O) groups excluding carboxylic acids is 1. The summed E-state index contributed by atoms with van der Waals surface area (Å²) < 4.78 is 4.44. The lowest BCUT2D eigenvalue weighted by atomic mass is 10.3. The van der Waals surface area contributed by atoms with Crippen LogP contribution >= 0.6 is 0 Å². The summed E-state index contributed by atoms with van der Waals surface area (Å²) in [6.45, 7) is 1.89. The Bertz CT molecular complexity index is 181. The molecule has 0 atom stereocenters. The Hall–Kier alpha value is -1.37. The number of carbonyl (C=O) groups is 1. The summed E-state index contributed by atoms with van der Waals surface area (Å²) in [7, 11) is 0. The van der Waals surface area contributed by atoms with Gasteiger partial charge >= 0.3 is 5.97 Å². The zero-order chi connectivity index (χ0) is 7.98. The normalized spacial score (nSPS) is 8.00. The lowest BCUT2D eigenvalue weighted by Crippen LogP contribution is -2.15. The molecule has 0 saturated carbocycles. The van der Waals surface area contributed by atoms with Gasteiger partial charge in [-0.1, -0.05) is 0 Å². The Kier molecular flexibility index (Phi) is 3.89. The molecule has 0 heterocycles. The quantitative estimate of drug-likeness (QED) is 0.457. The fourth-order valence-electron chi connectivity index (χ4n) is 0.369. The van der Waals surface area contributed by atoms with E-state index in [4.69, 9.17) is 10.7 Å². The van der Waals surface area contributed by atoms with Crippen molar-refractivity contribution in [2.24, 2.45) is 0 Å². The van der Waals surface area contributed by atoms with Gasteiger partial charge in [-0.2, -0.15) is 5.26 Å². The van der Waals surface area contributed by atoms with E-state index >= 15 is 0 Å². The van der Waals surface area contributed by atoms with Crippen LogP contribution in [-0.4, -0.2) is 18.3 Å². The molecule has 1 N–H and O–H groups in total. The zero-order valence-electron chi connectivity index (χ0n) is 5.68. The number of rotatable bonds is 3. The molecule has 0 spiro atoms. The highest BCUT2D eigenvalue weighted by Crippen LogP contribution is 1.85. The third kappa shape index (κ3) is 2.82. The molecular weight excluding hydrogens is 132 g/mol. The van der Waals surface area contributed by atoms with Crippen molar-refractivity contribution >= 4 is 11.7 Å². The monoisotopic (exact) mass is 140 g/mol. The van der Waals surface area contributed by atoms with Crippen molar-refractivity contribution in [2.45, 2.75) is 13.3 Å². The van der Waals surface area contributed by atoms with E-state index in [0.29, 0.717) is 0 Å². The third-order valence-electron chi connectivity index (χ3n) is 0.778. The summed E-state index contributed by atoms with van der Waals surface area (Å²) >= 11 is 0. The minimum Gasteiger partial charge on any atom is -0.461 e. The van der Waals surface area contributed by atoms with Crippen LogP contribution in [0.1, 0.15) is 13.3 Å². The molecule has 0 aliphatic heterocycles. The van der Waals surface area contributed by atoms with E-state index in [1.807, 2.05) is 0 Å². The van der Waals surface area contributed by atoms with Gasteiger partial charge in [0.15, 0.2) is 0 Å². The molecule has 0 amide bonds. The fraction of sp³-hybridized carbons (Fsp3) is 0.500. The highest BCUT2D eigenvalue weighted by atomic mass is 16.5. The number of nitrogens with one attached hydrogen (secondary N) is 1. The van der Waals surface area contributed by atoms with E-state index in [-0.39, 0.29) is 18.7 Å². The Morgan fingerprint density at radius 1 is 1.80 bits per heavy atom. The van der Waals surface area contributed by atoms with Gasteiger partial charge < -0.3 is 4.74 Å². The highest BCUT2D eigenvalue weighted by Gasteiger charge is 2.07. The Labute approximate surface area is 58.9 Å². The van der Waals surface area contributed by atoms with Crippen molar-refractivity contribution in [3.05, 3.63) is 0 Å². The maximum Gasteiger partial charge on any atom is 0.353 e. The van der Waals surface area contributed by atoms with Crippen LogP contribution in [0.4, 0.5) is 0 Å². The van der Waals surface area contributed by atoms with Crippen LogP contribution in [0, 0.1) is 16.7 Å². The van der Waals surface area contributed by atoms with E-state index in [2.05, 4.69) is 4.74 Å². The molecule has 0 bridgehead atoms. The Morgan fingerprint density at radius 2 is 2.40 bits per heavy atom. The molecule has 0 unspecified atom stereocenters. The van der Waals surface area contributed by atoms with Crippen LogP contribution in [-0.2, 0) is 9.53 Å². The predicted octanol–water partition coefficient (Wildman–Crippen LogP) is 0.483. The molecule has 10 heavy (non-hydrogen) atoms. The summed E-state index contributed by atoms with van der Waals surface area (Å²) in [5.41, 5.74) is -0.288. The van der Waals surface area contributed by atoms with Crippen molar-refractivity contribution in [1.29, 1.82) is 10.7 Å². The van der Waals surface area contributed by atoms with Crippen LogP contribution in [0.25, 0.3) is 0 Å². The standard InChI is InChI=1S/C6H8N2O2/c1-2-10-6(9)5(8)3-4-7/h8H,2-3H2,1H3. The number of nitriles is 1. The van der Waals surface area contributed by atoms with Gasteiger partial charge in [-0.25, -0.2) is 4.79 Å². The molecule has 0 aromatic carbocycles. The first-order chi connectivity index (χ1) is 4.72. The minimum atomic E-state index is -0.705. The number of hydrogen-bond donors (Lipinski definition) is 1. The average Bonchev–Trinajstić information content (AvgIpc) is 1.89. The summed E-state index contributed by atoms with van der Waals surface area (Å²) in [6, 6.07) is 1.68. The van der Waals surface area contributed by atoms with Crippen LogP contribution in [0.5, 0.6) is 0 Å². The van der Waals surface area contributed by atoms with Gasteiger partial charge in [-0.15, -0.1) is 0 Å². The minimum absolute atomic E-state index is 0.182. The van der Waals surface area contributed by atoms with Gasteiger partial charge in [0.25, 0.3) is 0 Å². The smallest absolute Gasteiger partial charge is 0.353 e. The molecule has 0 aromatic heterocycles. The summed E-state index contributed by atoms with van der Waals surface area (Å²) in [4.78, 5) is 10.5. The van der Waals surface area contributed by atoms with Crippen molar-refractivity contribution in [3.63, 3.8) is 0 Å². The number of ether oxygens (including phenoxy) is 1. The lowest BCUT2D eigenvalue weighted by molar-refractivity contribution is -0.135. The van der Waals surface area contributed by atoms with Crippen molar-refractivity contribution in [2.75, 3.05) is 6.61 Å². The molecular formula is C6H8N2O2. The van der Waals surface area contributed by atoms with Crippen LogP contribution in [0.2, 0.25) is 0 Å².